The van der Waals surface area contributed by atoms with Gasteiger partial charge in [-0.1, -0.05) is 6.07 Å². The first-order valence-corrected chi connectivity index (χ1v) is 9.13. The number of aromatic nitrogens is 1. The van der Waals surface area contributed by atoms with Crippen molar-refractivity contribution in [2.45, 2.75) is 33.1 Å². The molecule has 26 heavy (non-hydrogen) atoms. The lowest BCUT2D eigenvalue weighted by Crippen LogP contribution is -2.30. The summed E-state index contributed by atoms with van der Waals surface area (Å²) in [4.78, 5) is 16.8. The number of pyridine rings is 1. The molecule has 0 aliphatic carbocycles. The lowest BCUT2D eigenvalue weighted by molar-refractivity contribution is -0.150. The van der Waals surface area contributed by atoms with Gasteiger partial charge < -0.3 is 14.2 Å². The summed E-state index contributed by atoms with van der Waals surface area (Å²) in [6, 6.07) is 11.7. The normalized spacial score (nSPS) is 15.7. The maximum Gasteiger partial charge on any atom is 0.312 e. The van der Waals surface area contributed by atoms with Gasteiger partial charge in [0, 0.05) is 11.4 Å². The average Bonchev–Trinajstić information content (AvgIpc) is 2.65. The fourth-order valence-electron chi connectivity index (χ4n) is 3.06. The first-order valence-electron chi connectivity index (χ1n) is 9.13. The molecule has 2 heterocycles. The minimum absolute atomic E-state index is 0.199. The molecule has 1 aromatic carbocycles. The van der Waals surface area contributed by atoms with Crippen LogP contribution in [0.15, 0.2) is 36.4 Å². The number of rotatable bonds is 7. The van der Waals surface area contributed by atoms with Crippen LogP contribution in [0.3, 0.4) is 0 Å². The molecule has 0 N–H and O–H groups in total. The van der Waals surface area contributed by atoms with Gasteiger partial charge in [0.25, 0.3) is 0 Å². The highest BCUT2D eigenvalue weighted by Crippen LogP contribution is 2.31. The average molecular weight is 355 g/mol. The Labute approximate surface area is 154 Å². The number of carbonyl (C=O) groups excluding carboxylic acids is 1. The second kappa shape index (κ2) is 8.70. The number of esters is 1. The molecule has 1 aliphatic heterocycles. The van der Waals surface area contributed by atoms with Gasteiger partial charge in [-0.2, -0.15) is 0 Å². The third-order valence-corrected chi connectivity index (χ3v) is 4.35. The van der Waals surface area contributed by atoms with Crippen molar-refractivity contribution in [2.24, 2.45) is 5.92 Å². The van der Waals surface area contributed by atoms with Crippen LogP contribution in [0.1, 0.15) is 30.3 Å². The van der Waals surface area contributed by atoms with Crippen molar-refractivity contribution in [3.8, 4) is 11.5 Å². The van der Waals surface area contributed by atoms with Gasteiger partial charge in [0.05, 0.1) is 19.1 Å². The molecule has 0 saturated heterocycles. The lowest BCUT2D eigenvalue weighted by Gasteiger charge is -2.24. The Bertz CT molecular complexity index is 759. The quantitative estimate of drug-likeness (QED) is 0.562. The highest BCUT2D eigenvalue weighted by Gasteiger charge is 2.27. The van der Waals surface area contributed by atoms with E-state index in [2.05, 4.69) is 4.98 Å². The molecular formula is C21H25NO4. The SMILES string of the molecule is CCOc1ccc2c(c1)CC(C(=O)OCCCc1cccc(C)n1)CO2. The molecule has 5 nitrogen and oxygen atoms in total. The second-order valence-electron chi connectivity index (χ2n) is 6.46. The predicted octanol–water partition coefficient (Wildman–Crippen LogP) is 3.52. The van der Waals surface area contributed by atoms with Crippen LogP contribution in [-0.2, 0) is 22.4 Å². The number of nitrogens with zero attached hydrogens (tertiary/aromatic N) is 1. The van der Waals surface area contributed by atoms with E-state index in [1.165, 1.54) is 0 Å². The van der Waals surface area contributed by atoms with E-state index >= 15 is 0 Å². The van der Waals surface area contributed by atoms with Crippen molar-refractivity contribution in [1.82, 2.24) is 4.98 Å². The van der Waals surface area contributed by atoms with Crippen LogP contribution in [0.5, 0.6) is 11.5 Å². The summed E-state index contributed by atoms with van der Waals surface area (Å²) in [6.45, 7) is 5.29. The molecule has 0 radical (unpaired) electrons. The van der Waals surface area contributed by atoms with Gasteiger partial charge in [-0.25, -0.2) is 0 Å². The van der Waals surface area contributed by atoms with Gasteiger partial charge in [0.2, 0.25) is 0 Å². The smallest absolute Gasteiger partial charge is 0.312 e. The number of aryl methyl sites for hydroxylation is 2. The first-order chi connectivity index (χ1) is 12.7. The van der Waals surface area contributed by atoms with Crippen LogP contribution in [-0.4, -0.2) is 30.8 Å². The van der Waals surface area contributed by atoms with Crippen LogP contribution in [0.4, 0.5) is 0 Å². The zero-order chi connectivity index (χ0) is 18.4. The molecule has 1 aliphatic rings. The van der Waals surface area contributed by atoms with Crippen LogP contribution in [0.2, 0.25) is 0 Å². The Morgan fingerprint density at radius 2 is 2.19 bits per heavy atom. The third-order valence-electron chi connectivity index (χ3n) is 4.35. The number of hydrogen-bond acceptors (Lipinski definition) is 5. The Kier molecular flexibility index (Phi) is 6.10. The summed E-state index contributed by atoms with van der Waals surface area (Å²) in [6.07, 6.45) is 2.19. The molecule has 5 heteroatoms. The molecule has 3 rings (SSSR count). The number of ether oxygens (including phenoxy) is 3. The van der Waals surface area contributed by atoms with Crippen LogP contribution in [0.25, 0.3) is 0 Å². The number of benzene rings is 1. The fourth-order valence-corrected chi connectivity index (χ4v) is 3.06. The molecular weight excluding hydrogens is 330 g/mol. The monoisotopic (exact) mass is 355 g/mol. The summed E-state index contributed by atoms with van der Waals surface area (Å²) in [5.41, 5.74) is 3.02. The highest BCUT2D eigenvalue weighted by atomic mass is 16.5. The van der Waals surface area contributed by atoms with Gasteiger partial charge in [0.1, 0.15) is 18.1 Å². The lowest BCUT2D eigenvalue weighted by atomic mass is 9.96. The third kappa shape index (κ3) is 4.75. The van der Waals surface area contributed by atoms with Crippen molar-refractivity contribution < 1.29 is 19.0 Å². The Morgan fingerprint density at radius 3 is 3.00 bits per heavy atom. The standard InChI is InChI=1S/C21H25NO4/c1-3-24-19-9-10-20-16(13-19)12-17(14-26-20)21(23)25-11-5-8-18-7-4-6-15(2)22-18/h4,6-7,9-10,13,17H,3,5,8,11-12,14H2,1-2H3. The zero-order valence-corrected chi connectivity index (χ0v) is 15.4. The van der Waals surface area contributed by atoms with E-state index in [9.17, 15) is 4.79 Å². The van der Waals surface area contributed by atoms with E-state index < -0.39 is 0 Å². The minimum Gasteiger partial charge on any atom is -0.494 e. The van der Waals surface area contributed by atoms with Gasteiger partial charge >= 0.3 is 5.97 Å². The number of carbonyl (C=O) groups is 1. The molecule has 0 saturated carbocycles. The molecule has 2 aromatic rings. The van der Waals surface area contributed by atoms with Crippen LogP contribution < -0.4 is 9.47 Å². The van der Waals surface area contributed by atoms with E-state index in [0.717, 1.165) is 41.3 Å². The predicted molar refractivity (Wildman–Crippen MR) is 98.6 cm³/mol. The second-order valence-corrected chi connectivity index (χ2v) is 6.46. The molecule has 0 fully saturated rings. The molecule has 138 valence electrons. The van der Waals surface area contributed by atoms with Gasteiger partial charge in [0.15, 0.2) is 0 Å². The van der Waals surface area contributed by atoms with E-state index in [1.807, 2.05) is 50.2 Å². The van der Waals surface area contributed by atoms with Gasteiger partial charge in [-0.15, -0.1) is 0 Å². The minimum atomic E-state index is -0.267. The zero-order valence-electron chi connectivity index (χ0n) is 15.4. The van der Waals surface area contributed by atoms with Crippen LogP contribution >= 0.6 is 0 Å². The first kappa shape index (κ1) is 18.2. The summed E-state index contributed by atoms with van der Waals surface area (Å²) < 4.78 is 16.7. The van der Waals surface area contributed by atoms with Crippen LogP contribution in [0, 0.1) is 12.8 Å². The molecule has 0 bridgehead atoms. The number of fused-ring (bicyclic) bond motifs is 1. The van der Waals surface area contributed by atoms with Crippen molar-refractivity contribution >= 4 is 5.97 Å². The maximum absolute atomic E-state index is 12.3. The molecule has 1 aromatic heterocycles. The van der Waals surface area contributed by atoms with Crippen molar-refractivity contribution in [3.05, 3.63) is 53.3 Å². The van der Waals surface area contributed by atoms with Crippen molar-refractivity contribution in [3.63, 3.8) is 0 Å². The number of hydrogen-bond donors (Lipinski definition) is 0. The highest BCUT2D eigenvalue weighted by molar-refractivity contribution is 5.73. The Hall–Kier alpha value is -2.56. The fraction of sp³-hybridized carbons (Fsp3) is 0.429. The van der Waals surface area contributed by atoms with Crippen molar-refractivity contribution in [2.75, 3.05) is 19.8 Å². The van der Waals surface area contributed by atoms with Gasteiger partial charge in [-0.3, -0.25) is 9.78 Å². The molecule has 0 amide bonds. The molecule has 1 unspecified atom stereocenters. The summed E-state index contributed by atoms with van der Waals surface area (Å²) >= 11 is 0. The topological polar surface area (TPSA) is 57.7 Å². The maximum atomic E-state index is 12.3. The van der Waals surface area contributed by atoms with Crippen molar-refractivity contribution in [1.29, 1.82) is 0 Å². The Morgan fingerprint density at radius 1 is 1.31 bits per heavy atom. The largest absolute Gasteiger partial charge is 0.494 e. The van der Waals surface area contributed by atoms with E-state index in [4.69, 9.17) is 14.2 Å². The molecule has 0 spiro atoms. The van der Waals surface area contributed by atoms with E-state index in [0.29, 0.717) is 26.2 Å². The Balaban J connectivity index is 1.47. The van der Waals surface area contributed by atoms with Gasteiger partial charge in [-0.05, 0) is 69.0 Å². The summed E-state index contributed by atoms with van der Waals surface area (Å²) in [7, 11) is 0. The van der Waals surface area contributed by atoms with E-state index in [1.54, 1.807) is 0 Å². The summed E-state index contributed by atoms with van der Waals surface area (Å²) in [5.74, 6) is 1.16. The summed E-state index contributed by atoms with van der Waals surface area (Å²) in [5, 5.41) is 0. The van der Waals surface area contributed by atoms with E-state index in [-0.39, 0.29) is 11.9 Å². The molecule has 1 atom stereocenters.